The molecule has 0 saturated heterocycles. The first-order chi connectivity index (χ1) is 17.6. The third-order valence-electron chi connectivity index (χ3n) is 6.56. The molecule has 3 heterocycles. The molecule has 174 valence electrons. The smallest absolute Gasteiger partial charge is 0.160 e. The predicted octanol–water partition coefficient (Wildman–Crippen LogP) is 7.05. The zero-order valence-electron chi connectivity index (χ0n) is 20.1. The first-order valence-corrected chi connectivity index (χ1v) is 11.8. The van der Waals surface area contributed by atoms with Crippen molar-refractivity contribution in [1.82, 2.24) is 19.5 Å². The maximum atomic E-state index is 10.4. The standard InChI is InChI=1S/C31H24N4O/c1-20-19-33-27(18-26(20)21-9-4-3-5-10-21)23-12-8-11-22(17-23)24-15-16-32-31-29(24)34-30(35(31)2)25-13-6-7-14-28(25)36/h3-19,36H,1-2H3. The minimum Gasteiger partial charge on any atom is -0.507 e. The van der Waals surface area contributed by atoms with E-state index in [-0.39, 0.29) is 5.75 Å². The number of aryl methyl sites for hydroxylation is 2. The lowest BCUT2D eigenvalue weighted by Crippen LogP contribution is -1.94. The van der Waals surface area contributed by atoms with E-state index in [1.54, 1.807) is 18.3 Å². The number of para-hydroxylation sites is 1. The number of benzene rings is 3. The Morgan fingerprint density at radius 3 is 2.28 bits per heavy atom. The molecule has 5 heteroatoms. The van der Waals surface area contributed by atoms with E-state index in [1.807, 2.05) is 48.1 Å². The molecule has 0 aliphatic heterocycles. The van der Waals surface area contributed by atoms with Crippen LogP contribution in [0.3, 0.4) is 0 Å². The van der Waals surface area contributed by atoms with Gasteiger partial charge < -0.3 is 9.67 Å². The van der Waals surface area contributed by atoms with Gasteiger partial charge >= 0.3 is 0 Å². The molecule has 0 bridgehead atoms. The minimum absolute atomic E-state index is 0.194. The summed E-state index contributed by atoms with van der Waals surface area (Å²) in [5, 5.41) is 10.4. The van der Waals surface area contributed by atoms with Crippen LogP contribution in [0.15, 0.2) is 103 Å². The van der Waals surface area contributed by atoms with Gasteiger partial charge in [-0.25, -0.2) is 9.97 Å². The molecule has 5 nitrogen and oxygen atoms in total. The Balaban J connectivity index is 1.47. The molecule has 0 radical (unpaired) electrons. The van der Waals surface area contributed by atoms with Gasteiger partial charge in [0.05, 0.1) is 11.3 Å². The number of phenolic OH excluding ortho intramolecular Hbond substituents is 1. The highest BCUT2D eigenvalue weighted by Gasteiger charge is 2.17. The van der Waals surface area contributed by atoms with Crippen molar-refractivity contribution >= 4 is 11.2 Å². The van der Waals surface area contributed by atoms with Crippen molar-refractivity contribution in [2.45, 2.75) is 6.92 Å². The monoisotopic (exact) mass is 468 g/mol. The van der Waals surface area contributed by atoms with Crippen LogP contribution in [-0.4, -0.2) is 24.6 Å². The molecule has 0 aliphatic carbocycles. The summed E-state index contributed by atoms with van der Waals surface area (Å²) in [4.78, 5) is 14.2. The van der Waals surface area contributed by atoms with Crippen LogP contribution >= 0.6 is 0 Å². The zero-order valence-corrected chi connectivity index (χ0v) is 20.1. The molecular formula is C31H24N4O. The molecule has 0 spiro atoms. The zero-order chi connectivity index (χ0) is 24.6. The van der Waals surface area contributed by atoms with Crippen molar-refractivity contribution in [3.05, 3.63) is 109 Å². The van der Waals surface area contributed by atoms with Gasteiger partial charge in [0.25, 0.3) is 0 Å². The SMILES string of the molecule is Cc1cnc(-c2cccc(-c3ccnc4c3nc(-c3ccccc3O)n4C)c2)cc1-c1ccccc1. The maximum Gasteiger partial charge on any atom is 0.160 e. The van der Waals surface area contributed by atoms with Crippen LogP contribution in [0.4, 0.5) is 0 Å². The Hall–Kier alpha value is -4.77. The van der Waals surface area contributed by atoms with E-state index in [0.29, 0.717) is 11.4 Å². The Morgan fingerprint density at radius 2 is 1.44 bits per heavy atom. The van der Waals surface area contributed by atoms with Gasteiger partial charge in [0.1, 0.15) is 17.1 Å². The van der Waals surface area contributed by atoms with Gasteiger partial charge in [0.2, 0.25) is 0 Å². The fraction of sp³-hybridized carbons (Fsp3) is 0.0645. The van der Waals surface area contributed by atoms with E-state index in [0.717, 1.165) is 39.1 Å². The van der Waals surface area contributed by atoms with Gasteiger partial charge in [0, 0.05) is 30.6 Å². The van der Waals surface area contributed by atoms with Gasteiger partial charge in [-0.1, -0.05) is 60.7 Å². The van der Waals surface area contributed by atoms with Crippen LogP contribution in [-0.2, 0) is 7.05 Å². The maximum absolute atomic E-state index is 10.4. The predicted molar refractivity (Wildman–Crippen MR) is 144 cm³/mol. The van der Waals surface area contributed by atoms with E-state index in [2.05, 4.69) is 60.4 Å². The topological polar surface area (TPSA) is 63.8 Å². The van der Waals surface area contributed by atoms with Crippen molar-refractivity contribution in [3.8, 4) is 50.6 Å². The summed E-state index contributed by atoms with van der Waals surface area (Å²) >= 11 is 0. The molecular weight excluding hydrogens is 444 g/mol. The van der Waals surface area contributed by atoms with Gasteiger partial charge in [-0.05, 0) is 59.5 Å². The molecule has 0 atom stereocenters. The average Bonchev–Trinajstić information content (AvgIpc) is 3.26. The van der Waals surface area contributed by atoms with Crippen LogP contribution in [0, 0.1) is 6.92 Å². The summed E-state index contributed by atoms with van der Waals surface area (Å²) in [5.41, 5.74) is 9.68. The number of imidazole rings is 1. The number of phenols is 1. The van der Waals surface area contributed by atoms with E-state index in [1.165, 1.54) is 11.1 Å². The van der Waals surface area contributed by atoms with Gasteiger partial charge in [0.15, 0.2) is 5.65 Å². The van der Waals surface area contributed by atoms with Crippen LogP contribution in [0.25, 0.3) is 56.1 Å². The van der Waals surface area contributed by atoms with E-state index in [9.17, 15) is 5.11 Å². The number of hydrogen-bond acceptors (Lipinski definition) is 4. The molecule has 0 fully saturated rings. The molecule has 0 amide bonds. The van der Waals surface area contributed by atoms with Gasteiger partial charge in [-0.3, -0.25) is 4.98 Å². The molecule has 1 N–H and O–H groups in total. The quantitative estimate of drug-likeness (QED) is 0.301. The van der Waals surface area contributed by atoms with Crippen molar-refractivity contribution in [2.75, 3.05) is 0 Å². The molecule has 36 heavy (non-hydrogen) atoms. The summed E-state index contributed by atoms with van der Waals surface area (Å²) in [6, 6.07) is 30.1. The van der Waals surface area contributed by atoms with E-state index < -0.39 is 0 Å². The minimum atomic E-state index is 0.194. The normalized spacial score (nSPS) is 11.2. The first-order valence-electron chi connectivity index (χ1n) is 11.8. The Labute approximate surface area is 209 Å². The Kier molecular flexibility index (Phi) is 5.30. The molecule has 6 rings (SSSR count). The fourth-order valence-corrected chi connectivity index (χ4v) is 4.67. The molecule has 3 aromatic carbocycles. The highest BCUT2D eigenvalue weighted by Crippen LogP contribution is 2.35. The summed E-state index contributed by atoms with van der Waals surface area (Å²) in [5.74, 6) is 0.867. The number of aromatic hydroxyl groups is 1. The number of pyridine rings is 2. The third kappa shape index (κ3) is 3.71. The lowest BCUT2D eigenvalue weighted by molar-refractivity contribution is 0.476. The van der Waals surface area contributed by atoms with Crippen molar-refractivity contribution in [3.63, 3.8) is 0 Å². The van der Waals surface area contributed by atoms with Crippen LogP contribution in [0.2, 0.25) is 0 Å². The molecule has 0 aliphatic rings. The van der Waals surface area contributed by atoms with Crippen molar-refractivity contribution in [1.29, 1.82) is 0 Å². The number of nitrogens with zero attached hydrogens (tertiary/aromatic N) is 4. The summed E-state index contributed by atoms with van der Waals surface area (Å²) in [6.45, 7) is 2.09. The van der Waals surface area contributed by atoms with E-state index in [4.69, 9.17) is 9.97 Å². The summed E-state index contributed by atoms with van der Waals surface area (Å²) < 4.78 is 1.92. The Morgan fingerprint density at radius 1 is 0.694 bits per heavy atom. The Bertz CT molecular complexity index is 1720. The first kappa shape index (κ1) is 21.7. The largest absolute Gasteiger partial charge is 0.507 e. The van der Waals surface area contributed by atoms with E-state index >= 15 is 0 Å². The number of rotatable bonds is 4. The summed E-state index contributed by atoms with van der Waals surface area (Å²) in [7, 11) is 1.92. The second-order valence-electron chi connectivity index (χ2n) is 8.87. The highest BCUT2D eigenvalue weighted by atomic mass is 16.3. The fourth-order valence-electron chi connectivity index (χ4n) is 4.67. The molecule has 0 saturated carbocycles. The molecule has 6 aromatic rings. The van der Waals surface area contributed by atoms with Crippen molar-refractivity contribution < 1.29 is 5.11 Å². The van der Waals surface area contributed by atoms with Crippen LogP contribution < -0.4 is 0 Å². The number of hydrogen-bond donors (Lipinski definition) is 1. The van der Waals surface area contributed by atoms with Crippen LogP contribution in [0.5, 0.6) is 5.75 Å². The second-order valence-corrected chi connectivity index (χ2v) is 8.87. The highest BCUT2D eigenvalue weighted by molar-refractivity contribution is 5.93. The molecule has 3 aromatic heterocycles. The van der Waals surface area contributed by atoms with Gasteiger partial charge in [-0.2, -0.15) is 0 Å². The summed E-state index contributed by atoms with van der Waals surface area (Å²) in [6.07, 6.45) is 3.74. The number of fused-ring (bicyclic) bond motifs is 1. The number of aromatic nitrogens is 4. The van der Waals surface area contributed by atoms with Crippen LogP contribution in [0.1, 0.15) is 5.56 Å². The average molecular weight is 469 g/mol. The van der Waals surface area contributed by atoms with Crippen molar-refractivity contribution in [2.24, 2.45) is 7.05 Å². The lowest BCUT2D eigenvalue weighted by Gasteiger charge is -2.10. The van der Waals surface area contributed by atoms with Gasteiger partial charge in [-0.15, -0.1) is 0 Å². The third-order valence-corrected chi connectivity index (χ3v) is 6.56. The second kappa shape index (κ2) is 8.78. The lowest BCUT2D eigenvalue weighted by atomic mass is 9.97. The molecule has 0 unspecified atom stereocenters.